The molecule has 150 valence electrons. The lowest BCUT2D eigenvalue weighted by molar-refractivity contribution is -0.386. The van der Waals surface area contributed by atoms with E-state index >= 15 is 0 Å². The number of phenolic OH excluding ortho intramolecular Hbond substituents is 1. The van der Waals surface area contributed by atoms with Crippen LogP contribution in [0.15, 0.2) is 34.8 Å². The molecule has 0 saturated carbocycles. The number of nitro benzene ring substituents is 1. The zero-order chi connectivity index (χ0) is 21.9. The van der Waals surface area contributed by atoms with E-state index in [4.69, 9.17) is 4.74 Å². The van der Waals surface area contributed by atoms with Gasteiger partial charge in [-0.25, -0.2) is 0 Å². The van der Waals surface area contributed by atoms with Crippen LogP contribution in [0.5, 0.6) is 11.5 Å². The number of nitrogens with one attached hydrogen (secondary N) is 1. The molecular formula is C18H16N4O7. The van der Waals surface area contributed by atoms with E-state index in [-0.39, 0.29) is 17.0 Å². The van der Waals surface area contributed by atoms with E-state index in [0.29, 0.717) is 5.56 Å². The predicted octanol–water partition coefficient (Wildman–Crippen LogP) is 1.76. The van der Waals surface area contributed by atoms with Gasteiger partial charge >= 0.3 is 5.69 Å². The molecule has 2 aromatic rings. The number of nitriles is 1. The van der Waals surface area contributed by atoms with Crippen molar-refractivity contribution < 1.29 is 24.7 Å². The molecule has 1 amide bonds. The van der Waals surface area contributed by atoms with Crippen LogP contribution in [0.1, 0.15) is 11.1 Å². The molecule has 0 spiro atoms. The summed E-state index contributed by atoms with van der Waals surface area (Å²) in [4.78, 5) is 37.9. The molecule has 0 radical (unpaired) electrons. The first-order valence-electron chi connectivity index (χ1n) is 7.98. The summed E-state index contributed by atoms with van der Waals surface area (Å²) in [5.41, 5.74) is -1.54. The number of H-pyrrole nitrogens is 1. The van der Waals surface area contributed by atoms with Crippen LogP contribution in [-0.2, 0) is 4.79 Å². The number of aromatic amines is 1. The lowest BCUT2D eigenvalue weighted by atomic mass is 10.1. The Hall–Kier alpha value is -4.33. The summed E-state index contributed by atoms with van der Waals surface area (Å²) in [5, 5.41) is 40.8. The van der Waals surface area contributed by atoms with E-state index in [1.54, 1.807) is 13.0 Å². The van der Waals surface area contributed by atoms with Gasteiger partial charge in [0.15, 0.2) is 11.3 Å². The van der Waals surface area contributed by atoms with Crippen molar-refractivity contribution in [2.75, 3.05) is 19.1 Å². The average molecular weight is 400 g/mol. The molecule has 0 fully saturated rings. The SMILES string of the molecule is COc1cc(/C(O)=C(\C#N)C(=O)N(C)c2cc(=O)[nH]cc2C)cc([N+](=O)[O-])c1O. The van der Waals surface area contributed by atoms with Crippen LogP contribution in [-0.4, -0.2) is 40.2 Å². The van der Waals surface area contributed by atoms with E-state index in [0.717, 1.165) is 30.2 Å². The number of aromatic hydroxyl groups is 1. The van der Waals surface area contributed by atoms with Crippen molar-refractivity contribution in [2.24, 2.45) is 0 Å². The third-order valence-electron chi connectivity index (χ3n) is 4.08. The minimum absolute atomic E-state index is 0.202. The van der Waals surface area contributed by atoms with Gasteiger partial charge < -0.3 is 24.8 Å². The Labute approximate surface area is 163 Å². The monoisotopic (exact) mass is 400 g/mol. The van der Waals surface area contributed by atoms with Crippen molar-refractivity contribution in [1.29, 1.82) is 5.26 Å². The van der Waals surface area contributed by atoms with E-state index < -0.39 is 39.2 Å². The Bertz CT molecular complexity index is 1130. The second-order valence-electron chi connectivity index (χ2n) is 5.87. The number of hydrogen-bond acceptors (Lipinski definition) is 8. The maximum atomic E-state index is 12.8. The molecule has 2 rings (SSSR count). The lowest BCUT2D eigenvalue weighted by Gasteiger charge is -2.19. The number of phenols is 1. The highest BCUT2D eigenvalue weighted by Gasteiger charge is 2.26. The minimum atomic E-state index is -0.951. The number of rotatable bonds is 5. The Morgan fingerprint density at radius 2 is 2.03 bits per heavy atom. The van der Waals surface area contributed by atoms with E-state index in [1.165, 1.54) is 13.2 Å². The average Bonchev–Trinajstić information content (AvgIpc) is 2.69. The fourth-order valence-corrected chi connectivity index (χ4v) is 2.54. The molecule has 0 bridgehead atoms. The molecule has 11 heteroatoms. The fraction of sp³-hybridized carbons (Fsp3) is 0.167. The largest absolute Gasteiger partial charge is 0.506 e. The third-order valence-corrected chi connectivity index (χ3v) is 4.08. The molecule has 1 heterocycles. The van der Waals surface area contributed by atoms with Crippen molar-refractivity contribution in [2.45, 2.75) is 6.92 Å². The molecule has 0 aliphatic heterocycles. The van der Waals surface area contributed by atoms with Gasteiger partial charge in [-0.2, -0.15) is 5.26 Å². The summed E-state index contributed by atoms with van der Waals surface area (Å²) in [6, 6.07) is 4.56. The van der Waals surface area contributed by atoms with Gasteiger partial charge in [-0.3, -0.25) is 19.7 Å². The maximum absolute atomic E-state index is 12.8. The number of methoxy groups -OCH3 is 1. The molecule has 1 aromatic heterocycles. The summed E-state index contributed by atoms with van der Waals surface area (Å²) < 4.78 is 4.84. The number of nitro groups is 1. The van der Waals surface area contributed by atoms with Gasteiger partial charge in [-0.1, -0.05) is 0 Å². The molecule has 0 saturated heterocycles. The highest BCUT2D eigenvalue weighted by molar-refractivity contribution is 6.12. The number of aromatic nitrogens is 1. The highest BCUT2D eigenvalue weighted by atomic mass is 16.6. The molecule has 0 unspecified atom stereocenters. The number of aryl methyl sites for hydroxylation is 1. The number of carbonyl (C=O) groups is 1. The minimum Gasteiger partial charge on any atom is -0.506 e. The summed E-state index contributed by atoms with van der Waals surface area (Å²) in [5.74, 6) is -2.90. The van der Waals surface area contributed by atoms with Crippen LogP contribution >= 0.6 is 0 Å². The zero-order valence-electron chi connectivity index (χ0n) is 15.6. The van der Waals surface area contributed by atoms with Crippen LogP contribution in [0.25, 0.3) is 5.76 Å². The zero-order valence-corrected chi connectivity index (χ0v) is 15.6. The van der Waals surface area contributed by atoms with Gasteiger partial charge in [0.05, 0.1) is 17.7 Å². The number of hydrogen-bond donors (Lipinski definition) is 3. The Kier molecular flexibility index (Phi) is 5.88. The Morgan fingerprint density at radius 3 is 2.59 bits per heavy atom. The second kappa shape index (κ2) is 8.13. The number of amides is 1. The normalized spacial score (nSPS) is 11.2. The quantitative estimate of drug-likeness (QED) is 0.224. The van der Waals surface area contributed by atoms with Crippen LogP contribution in [0, 0.1) is 28.4 Å². The maximum Gasteiger partial charge on any atom is 0.315 e. The summed E-state index contributed by atoms with van der Waals surface area (Å²) in [7, 11) is 2.44. The third kappa shape index (κ3) is 4.01. The number of benzene rings is 1. The summed E-state index contributed by atoms with van der Waals surface area (Å²) >= 11 is 0. The molecule has 0 aliphatic rings. The number of carbonyl (C=O) groups excluding carboxylic acids is 1. The van der Waals surface area contributed by atoms with Gasteiger partial charge in [-0.05, 0) is 18.6 Å². The topological polar surface area (TPSA) is 170 Å². The van der Waals surface area contributed by atoms with Crippen molar-refractivity contribution in [3.63, 3.8) is 0 Å². The molecule has 3 N–H and O–H groups in total. The standard InChI is InChI=1S/C18H16N4O7/c1-9-8-20-15(23)6-12(9)21(2)18(26)11(7-19)16(24)10-4-13(22(27)28)17(25)14(5-10)29-3/h4-6,8,24-25H,1-3H3,(H,20,23)/b16-11-. The van der Waals surface area contributed by atoms with Gasteiger partial charge in [0.2, 0.25) is 11.3 Å². The highest BCUT2D eigenvalue weighted by Crippen LogP contribution is 2.38. The van der Waals surface area contributed by atoms with Crippen molar-refractivity contribution >= 4 is 23.0 Å². The first-order valence-corrected chi connectivity index (χ1v) is 7.98. The molecule has 29 heavy (non-hydrogen) atoms. The summed E-state index contributed by atoms with van der Waals surface area (Å²) in [6.07, 6.45) is 1.38. The number of likely N-dealkylation sites (N-methyl/N-ethyl adjacent to an activating group) is 1. The molecular weight excluding hydrogens is 384 g/mol. The molecule has 1 aromatic carbocycles. The number of pyridine rings is 1. The second-order valence-corrected chi connectivity index (χ2v) is 5.87. The van der Waals surface area contributed by atoms with Crippen LogP contribution < -0.4 is 15.2 Å². The Balaban J connectivity index is 2.62. The van der Waals surface area contributed by atoms with E-state index in [2.05, 4.69) is 4.98 Å². The number of anilines is 1. The van der Waals surface area contributed by atoms with Crippen LogP contribution in [0.3, 0.4) is 0 Å². The van der Waals surface area contributed by atoms with Gasteiger partial charge in [0.25, 0.3) is 5.91 Å². The fourth-order valence-electron chi connectivity index (χ4n) is 2.54. The van der Waals surface area contributed by atoms with Crippen molar-refractivity contribution in [1.82, 2.24) is 4.98 Å². The van der Waals surface area contributed by atoms with Gasteiger partial charge in [0.1, 0.15) is 11.8 Å². The van der Waals surface area contributed by atoms with Gasteiger partial charge in [-0.15, -0.1) is 0 Å². The number of aliphatic hydroxyl groups is 1. The first kappa shape index (κ1) is 21.0. The van der Waals surface area contributed by atoms with E-state index in [9.17, 15) is 35.2 Å². The predicted molar refractivity (Wildman–Crippen MR) is 102 cm³/mol. The Morgan fingerprint density at radius 1 is 1.38 bits per heavy atom. The number of aliphatic hydroxyl groups excluding tert-OH is 1. The first-order chi connectivity index (χ1) is 13.6. The van der Waals surface area contributed by atoms with Crippen LogP contribution in [0.2, 0.25) is 0 Å². The van der Waals surface area contributed by atoms with Gasteiger partial charge in [0, 0.05) is 30.9 Å². The number of ether oxygens (including phenoxy) is 1. The van der Waals surface area contributed by atoms with Crippen molar-refractivity contribution in [3.8, 4) is 17.6 Å². The molecule has 0 aliphatic carbocycles. The molecule has 0 atom stereocenters. The smallest absolute Gasteiger partial charge is 0.315 e. The number of nitrogens with zero attached hydrogens (tertiary/aromatic N) is 3. The molecule has 11 nitrogen and oxygen atoms in total. The van der Waals surface area contributed by atoms with Crippen LogP contribution in [0.4, 0.5) is 11.4 Å². The van der Waals surface area contributed by atoms with Crippen molar-refractivity contribution in [3.05, 3.63) is 61.6 Å². The lowest BCUT2D eigenvalue weighted by Crippen LogP contribution is -2.29. The van der Waals surface area contributed by atoms with E-state index in [1.807, 2.05) is 0 Å². The summed E-state index contributed by atoms with van der Waals surface area (Å²) in [6.45, 7) is 1.62.